The normalized spacial score (nSPS) is 22.9. The molecule has 28 heavy (non-hydrogen) atoms. The van der Waals surface area contributed by atoms with E-state index in [1.807, 2.05) is 12.2 Å². The number of nitrogens with two attached hydrogens (primary N) is 1. The highest BCUT2D eigenvalue weighted by molar-refractivity contribution is 7.89. The summed E-state index contributed by atoms with van der Waals surface area (Å²) in [5.74, 6) is -1.28. The molecular formula is C19H23N3O5S. The van der Waals surface area contributed by atoms with Crippen LogP contribution in [-0.4, -0.2) is 37.6 Å². The van der Waals surface area contributed by atoms with Crippen LogP contribution in [0.4, 0.5) is 0 Å². The molecule has 3 amide bonds. The SMILES string of the molecule is CC(NC(=O)CCN1C(=O)C2CC=CCC2C1=O)c1ccc(S(N)(=O)=O)cc1. The van der Waals surface area contributed by atoms with Crippen LogP contribution in [0.3, 0.4) is 0 Å². The van der Waals surface area contributed by atoms with Crippen molar-refractivity contribution in [2.24, 2.45) is 17.0 Å². The first-order valence-electron chi connectivity index (χ1n) is 9.11. The maximum absolute atomic E-state index is 12.4. The molecule has 0 saturated carbocycles. The Morgan fingerprint density at radius 3 is 2.18 bits per heavy atom. The third-order valence-corrected chi connectivity index (χ3v) is 6.18. The van der Waals surface area contributed by atoms with Gasteiger partial charge in [-0.1, -0.05) is 24.3 Å². The van der Waals surface area contributed by atoms with Crippen LogP contribution in [-0.2, 0) is 24.4 Å². The van der Waals surface area contributed by atoms with Crippen LogP contribution in [0.2, 0.25) is 0 Å². The molecule has 3 unspecified atom stereocenters. The number of allylic oxidation sites excluding steroid dienone is 2. The first-order chi connectivity index (χ1) is 13.2. The number of amides is 3. The number of benzene rings is 1. The molecule has 3 rings (SSSR count). The topological polar surface area (TPSA) is 127 Å². The van der Waals surface area contributed by atoms with Gasteiger partial charge in [0, 0.05) is 13.0 Å². The first kappa shape index (κ1) is 20.2. The highest BCUT2D eigenvalue weighted by atomic mass is 32.2. The van der Waals surface area contributed by atoms with Gasteiger partial charge in [-0.3, -0.25) is 19.3 Å². The minimum Gasteiger partial charge on any atom is -0.350 e. The molecule has 1 aliphatic carbocycles. The van der Waals surface area contributed by atoms with Crippen LogP contribution >= 0.6 is 0 Å². The van der Waals surface area contributed by atoms with Crippen molar-refractivity contribution in [2.45, 2.75) is 37.1 Å². The number of hydrogen-bond acceptors (Lipinski definition) is 5. The lowest BCUT2D eigenvalue weighted by molar-refractivity contribution is -0.140. The summed E-state index contributed by atoms with van der Waals surface area (Å²) in [7, 11) is -3.77. The minimum atomic E-state index is -3.77. The van der Waals surface area contributed by atoms with E-state index in [2.05, 4.69) is 5.32 Å². The van der Waals surface area contributed by atoms with Gasteiger partial charge >= 0.3 is 0 Å². The Bertz CT molecular complexity index is 897. The second-order valence-electron chi connectivity index (χ2n) is 7.14. The number of carbonyl (C=O) groups excluding carboxylic acids is 3. The molecule has 0 spiro atoms. The maximum Gasteiger partial charge on any atom is 0.238 e. The average Bonchev–Trinajstić information content (AvgIpc) is 2.90. The second kappa shape index (κ2) is 7.84. The molecule has 1 heterocycles. The number of nitrogens with zero attached hydrogens (tertiary/aromatic N) is 1. The third-order valence-electron chi connectivity index (χ3n) is 5.25. The minimum absolute atomic E-state index is 0.00297. The van der Waals surface area contributed by atoms with Gasteiger partial charge in [-0.2, -0.15) is 0 Å². The molecule has 1 fully saturated rings. The van der Waals surface area contributed by atoms with Crippen molar-refractivity contribution in [1.82, 2.24) is 10.2 Å². The highest BCUT2D eigenvalue weighted by Crippen LogP contribution is 2.35. The van der Waals surface area contributed by atoms with Crippen molar-refractivity contribution in [1.29, 1.82) is 0 Å². The molecule has 0 radical (unpaired) electrons. The Balaban J connectivity index is 1.54. The smallest absolute Gasteiger partial charge is 0.238 e. The van der Waals surface area contributed by atoms with Crippen LogP contribution in [0.25, 0.3) is 0 Å². The number of primary sulfonamides is 1. The molecule has 1 saturated heterocycles. The lowest BCUT2D eigenvalue weighted by Crippen LogP contribution is -2.36. The molecule has 9 heteroatoms. The van der Waals surface area contributed by atoms with Crippen molar-refractivity contribution < 1.29 is 22.8 Å². The van der Waals surface area contributed by atoms with Gasteiger partial charge in [0.2, 0.25) is 27.7 Å². The van der Waals surface area contributed by atoms with Crippen LogP contribution in [0.1, 0.15) is 37.8 Å². The van der Waals surface area contributed by atoms with Gasteiger partial charge in [0.15, 0.2) is 0 Å². The monoisotopic (exact) mass is 405 g/mol. The number of rotatable bonds is 6. The van der Waals surface area contributed by atoms with E-state index in [-0.39, 0.29) is 53.5 Å². The average molecular weight is 405 g/mol. The Morgan fingerprint density at radius 2 is 1.68 bits per heavy atom. The molecule has 150 valence electrons. The van der Waals surface area contributed by atoms with E-state index >= 15 is 0 Å². The van der Waals surface area contributed by atoms with E-state index in [4.69, 9.17) is 5.14 Å². The number of carbonyl (C=O) groups is 3. The fourth-order valence-corrected chi connectivity index (χ4v) is 4.16. The summed E-state index contributed by atoms with van der Waals surface area (Å²) in [4.78, 5) is 38.2. The Morgan fingerprint density at radius 1 is 1.14 bits per heavy atom. The first-order valence-corrected chi connectivity index (χ1v) is 10.7. The lowest BCUT2D eigenvalue weighted by Gasteiger charge is -2.17. The van der Waals surface area contributed by atoms with Gasteiger partial charge < -0.3 is 5.32 Å². The molecule has 1 aromatic carbocycles. The van der Waals surface area contributed by atoms with E-state index in [0.29, 0.717) is 18.4 Å². The third kappa shape index (κ3) is 4.15. The van der Waals surface area contributed by atoms with Crippen molar-refractivity contribution >= 4 is 27.7 Å². The number of fused-ring (bicyclic) bond motifs is 1. The molecule has 0 aromatic heterocycles. The number of sulfonamides is 1. The summed E-state index contributed by atoms with van der Waals surface area (Å²) in [6.45, 7) is 1.82. The summed E-state index contributed by atoms with van der Waals surface area (Å²) in [6.07, 6.45) is 5.01. The Labute approximate surface area is 163 Å². The van der Waals surface area contributed by atoms with Crippen molar-refractivity contribution in [3.8, 4) is 0 Å². The maximum atomic E-state index is 12.4. The largest absolute Gasteiger partial charge is 0.350 e. The van der Waals surface area contributed by atoms with Crippen molar-refractivity contribution in [3.05, 3.63) is 42.0 Å². The number of imide groups is 1. The lowest BCUT2D eigenvalue weighted by atomic mass is 9.85. The molecule has 3 atom stereocenters. The van der Waals surface area contributed by atoms with Crippen molar-refractivity contribution in [2.75, 3.05) is 6.54 Å². The zero-order valence-corrected chi connectivity index (χ0v) is 16.3. The van der Waals surface area contributed by atoms with Crippen LogP contribution in [0.5, 0.6) is 0 Å². The number of likely N-dealkylation sites (tertiary alicyclic amines) is 1. The van der Waals surface area contributed by atoms with Crippen molar-refractivity contribution in [3.63, 3.8) is 0 Å². The van der Waals surface area contributed by atoms with Crippen LogP contribution in [0.15, 0.2) is 41.3 Å². The Hall–Kier alpha value is -2.52. The zero-order valence-electron chi connectivity index (χ0n) is 15.5. The van der Waals surface area contributed by atoms with Gasteiger partial charge in [-0.25, -0.2) is 13.6 Å². The summed E-state index contributed by atoms with van der Waals surface area (Å²) < 4.78 is 22.6. The molecule has 1 aromatic rings. The van der Waals surface area contributed by atoms with Gasteiger partial charge in [0.05, 0.1) is 22.8 Å². The fourth-order valence-electron chi connectivity index (χ4n) is 3.65. The summed E-state index contributed by atoms with van der Waals surface area (Å²) in [5.41, 5.74) is 0.714. The van der Waals surface area contributed by atoms with Crippen LogP contribution in [0, 0.1) is 11.8 Å². The molecule has 1 aliphatic heterocycles. The van der Waals surface area contributed by atoms with Crippen LogP contribution < -0.4 is 10.5 Å². The predicted octanol–water partition coefficient (Wildman–Crippen LogP) is 0.853. The van der Waals surface area contributed by atoms with Gasteiger partial charge in [-0.15, -0.1) is 0 Å². The fraction of sp³-hybridized carbons (Fsp3) is 0.421. The zero-order chi connectivity index (χ0) is 20.5. The van der Waals surface area contributed by atoms with E-state index in [9.17, 15) is 22.8 Å². The summed E-state index contributed by atoms with van der Waals surface area (Å²) in [5, 5.41) is 7.86. The van der Waals surface area contributed by atoms with Gasteiger partial charge in [0.25, 0.3) is 0 Å². The van der Waals surface area contributed by atoms with E-state index < -0.39 is 10.0 Å². The number of nitrogens with one attached hydrogen (secondary N) is 1. The molecular weight excluding hydrogens is 382 g/mol. The molecule has 2 aliphatic rings. The summed E-state index contributed by atoms with van der Waals surface area (Å²) >= 11 is 0. The van der Waals surface area contributed by atoms with Gasteiger partial charge in [-0.05, 0) is 37.5 Å². The van der Waals surface area contributed by atoms with E-state index in [1.54, 1.807) is 19.1 Å². The van der Waals surface area contributed by atoms with E-state index in [1.165, 1.54) is 17.0 Å². The Kier molecular flexibility index (Phi) is 5.66. The standard InChI is InChI=1S/C19H23N3O5S/c1-12(13-6-8-14(9-7-13)28(20,26)27)21-17(23)10-11-22-18(24)15-4-2-3-5-16(15)19(22)25/h2-3,6-9,12,15-16H,4-5,10-11H2,1H3,(H,21,23)(H2,20,26,27). The number of hydrogen-bond donors (Lipinski definition) is 2. The quantitative estimate of drug-likeness (QED) is 0.536. The second-order valence-corrected chi connectivity index (χ2v) is 8.70. The molecule has 8 nitrogen and oxygen atoms in total. The summed E-state index contributed by atoms with van der Waals surface area (Å²) in [6, 6.07) is 5.56. The van der Waals surface area contributed by atoms with E-state index in [0.717, 1.165) is 0 Å². The highest BCUT2D eigenvalue weighted by Gasteiger charge is 2.46. The van der Waals surface area contributed by atoms with Gasteiger partial charge in [0.1, 0.15) is 0 Å². The molecule has 3 N–H and O–H groups in total. The predicted molar refractivity (Wildman–Crippen MR) is 101 cm³/mol. The molecule has 0 bridgehead atoms.